The third-order valence-electron chi connectivity index (χ3n) is 4.41. The fraction of sp³-hybridized carbons (Fsp3) is 0.350. The molecule has 5 nitrogen and oxygen atoms in total. The van der Waals surface area contributed by atoms with Crippen molar-refractivity contribution < 1.29 is 19.4 Å². The van der Waals surface area contributed by atoms with Crippen molar-refractivity contribution in [3.63, 3.8) is 0 Å². The van der Waals surface area contributed by atoms with Crippen molar-refractivity contribution in [3.05, 3.63) is 59.7 Å². The van der Waals surface area contributed by atoms with E-state index in [0.29, 0.717) is 18.8 Å². The van der Waals surface area contributed by atoms with Gasteiger partial charge in [0.2, 0.25) is 0 Å². The number of fused-ring (bicyclic) bond motifs is 1. The van der Waals surface area contributed by atoms with Crippen LogP contribution in [0.5, 0.6) is 11.5 Å². The van der Waals surface area contributed by atoms with Crippen LogP contribution in [-0.2, 0) is 16.8 Å². The van der Waals surface area contributed by atoms with Gasteiger partial charge in [0.1, 0.15) is 17.1 Å². The zero-order valence-corrected chi connectivity index (χ0v) is 14.3. The molecule has 2 N–H and O–H groups in total. The van der Waals surface area contributed by atoms with E-state index in [0.717, 1.165) is 23.3 Å². The Morgan fingerprint density at radius 2 is 1.80 bits per heavy atom. The maximum Gasteiger partial charge on any atom is 0.258 e. The highest BCUT2D eigenvalue weighted by Gasteiger charge is 2.36. The molecule has 3 rings (SSSR count). The summed E-state index contributed by atoms with van der Waals surface area (Å²) in [6, 6.07) is 14.9. The van der Waals surface area contributed by atoms with Crippen LogP contribution in [0.4, 0.5) is 0 Å². The van der Waals surface area contributed by atoms with E-state index in [-0.39, 0.29) is 19.1 Å². The molecule has 0 saturated carbocycles. The number of aliphatic hydroxyl groups is 1. The summed E-state index contributed by atoms with van der Waals surface area (Å²) < 4.78 is 10.8. The molecular formula is C20H23NO4. The highest BCUT2D eigenvalue weighted by molar-refractivity contribution is 5.77. The lowest BCUT2D eigenvalue weighted by Gasteiger charge is -2.24. The predicted molar refractivity (Wildman–Crippen MR) is 94.8 cm³/mol. The number of aryl methyl sites for hydroxylation is 1. The van der Waals surface area contributed by atoms with Gasteiger partial charge in [-0.15, -0.1) is 0 Å². The molecule has 1 aliphatic carbocycles. The third kappa shape index (κ3) is 4.12. The Hall–Kier alpha value is -2.53. The molecule has 0 aliphatic heterocycles. The lowest BCUT2D eigenvalue weighted by Crippen LogP contribution is -2.41. The van der Waals surface area contributed by atoms with E-state index in [1.165, 1.54) is 0 Å². The second-order valence-corrected chi connectivity index (χ2v) is 6.16. The Morgan fingerprint density at radius 1 is 1.12 bits per heavy atom. The molecule has 1 atom stereocenters. The topological polar surface area (TPSA) is 67.8 Å². The first kappa shape index (κ1) is 17.3. The van der Waals surface area contributed by atoms with Crippen LogP contribution in [0.2, 0.25) is 0 Å². The molecule has 0 heterocycles. The first-order chi connectivity index (χ1) is 12.1. The molecule has 5 heteroatoms. The van der Waals surface area contributed by atoms with Crippen molar-refractivity contribution in [2.75, 3.05) is 19.8 Å². The van der Waals surface area contributed by atoms with Gasteiger partial charge in [-0.1, -0.05) is 24.3 Å². The van der Waals surface area contributed by atoms with Crippen LogP contribution in [0.25, 0.3) is 0 Å². The summed E-state index contributed by atoms with van der Waals surface area (Å²) in [6.07, 6.45) is 1.44. The van der Waals surface area contributed by atoms with Crippen LogP contribution in [-0.4, -0.2) is 30.8 Å². The van der Waals surface area contributed by atoms with E-state index < -0.39 is 5.60 Å². The molecule has 0 fully saturated rings. The minimum absolute atomic E-state index is 0.0916. The normalized spacial score (nSPS) is 18.5. The maximum absolute atomic E-state index is 12.0. The molecule has 132 valence electrons. The van der Waals surface area contributed by atoms with Gasteiger partial charge in [-0.2, -0.15) is 0 Å². The Kier molecular flexibility index (Phi) is 5.24. The van der Waals surface area contributed by atoms with Crippen LogP contribution in [0.1, 0.15) is 24.5 Å². The second-order valence-electron chi connectivity index (χ2n) is 6.16. The largest absolute Gasteiger partial charge is 0.494 e. The zero-order chi connectivity index (χ0) is 17.7. The number of nitrogens with one attached hydrogen (secondary N) is 1. The number of carbonyl (C=O) groups excluding carboxylic acids is 1. The first-order valence-corrected chi connectivity index (χ1v) is 8.54. The van der Waals surface area contributed by atoms with Crippen molar-refractivity contribution in [3.8, 4) is 11.5 Å². The predicted octanol–water partition coefficient (Wildman–Crippen LogP) is 2.41. The Bertz CT molecular complexity index is 729. The van der Waals surface area contributed by atoms with Crippen molar-refractivity contribution in [2.45, 2.75) is 25.4 Å². The highest BCUT2D eigenvalue weighted by atomic mass is 16.5. The quantitative estimate of drug-likeness (QED) is 0.812. The number of hydrogen-bond acceptors (Lipinski definition) is 4. The van der Waals surface area contributed by atoms with Crippen LogP contribution < -0.4 is 14.8 Å². The number of rotatable bonds is 7. The van der Waals surface area contributed by atoms with Gasteiger partial charge in [-0.3, -0.25) is 4.79 Å². The van der Waals surface area contributed by atoms with E-state index in [1.807, 2.05) is 31.2 Å². The molecule has 0 aromatic heterocycles. The summed E-state index contributed by atoms with van der Waals surface area (Å²) in [7, 11) is 0. The van der Waals surface area contributed by atoms with Gasteiger partial charge in [0.05, 0.1) is 13.2 Å². The third-order valence-corrected chi connectivity index (χ3v) is 4.41. The van der Waals surface area contributed by atoms with Crippen LogP contribution in [0, 0.1) is 0 Å². The molecule has 0 bridgehead atoms. The zero-order valence-electron chi connectivity index (χ0n) is 14.3. The average molecular weight is 341 g/mol. The molecule has 0 radical (unpaired) electrons. The van der Waals surface area contributed by atoms with Gasteiger partial charge < -0.3 is 19.9 Å². The van der Waals surface area contributed by atoms with Crippen molar-refractivity contribution in [1.82, 2.24) is 5.32 Å². The fourth-order valence-electron chi connectivity index (χ4n) is 3.10. The van der Waals surface area contributed by atoms with Crippen LogP contribution in [0.15, 0.2) is 48.5 Å². The van der Waals surface area contributed by atoms with E-state index in [9.17, 15) is 9.90 Å². The minimum atomic E-state index is -0.995. The summed E-state index contributed by atoms with van der Waals surface area (Å²) >= 11 is 0. The van der Waals surface area contributed by atoms with Gasteiger partial charge in [0.25, 0.3) is 5.91 Å². The smallest absolute Gasteiger partial charge is 0.258 e. The number of carbonyl (C=O) groups is 1. The summed E-state index contributed by atoms with van der Waals surface area (Å²) in [4.78, 5) is 12.0. The maximum atomic E-state index is 12.0. The minimum Gasteiger partial charge on any atom is -0.494 e. The second kappa shape index (κ2) is 7.57. The summed E-state index contributed by atoms with van der Waals surface area (Å²) in [5.74, 6) is 1.11. The lowest BCUT2D eigenvalue weighted by molar-refractivity contribution is -0.124. The van der Waals surface area contributed by atoms with Crippen molar-refractivity contribution in [1.29, 1.82) is 0 Å². The SMILES string of the molecule is CCOc1ccc(OCC(=O)NCC2(O)CCc3ccccc32)cc1. The molecule has 0 saturated heterocycles. The fourth-order valence-corrected chi connectivity index (χ4v) is 3.10. The van der Waals surface area contributed by atoms with Gasteiger partial charge >= 0.3 is 0 Å². The number of benzene rings is 2. The molecule has 25 heavy (non-hydrogen) atoms. The Labute approximate surface area is 147 Å². The van der Waals surface area contributed by atoms with E-state index in [1.54, 1.807) is 24.3 Å². The summed E-state index contributed by atoms with van der Waals surface area (Å²) in [5.41, 5.74) is 1.05. The molecule has 2 aromatic carbocycles. The molecule has 1 unspecified atom stereocenters. The van der Waals surface area contributed by atoms with Crippen LogP contribution in [0.3, 0.4) is 0 Å². The highest BCUT2D eigenvalue weighted by Crippen LogP contribution is 2.36. The van der Waals surface area contributed by atoms with Crippen molar-refractivity contribution >= 4 is 5.91 Å². The summed E-state index contributed by atoms with van der Waals surface area (Å²) in [5, 5.41) is 13.6. The van der Waals surface area contributed by atoms with Gasteiger partial charge in [0.15, 0.2) is 6.61 Å². The number of ether oxygens (including phenoxy) is 2. The monoisotopic (exact) mass is 341 g/mol. The molecule has 1 amide bonds. The Morgan fingerprint density at radius 3 is 2.52 bits per heavy atom. The van der Waals surface area contributed by atoms with E-state index in [4.69, 9.17) is 9.47 Å². The molecule has 1 aliphatic rings. The first-order valence-electron chi connectivity index (χ1n) is 8.54. The van der Waals surface area contributed by atoms with E-state index in [2.05, 4.69) is 5.32 Å². The standard InChI is InChI=1S/C20H23NO4/c1-2-24-16-7-9-17(10-8-16)25-13-19(22)21-14-20(23)12-11-15-5-3-4-6-18(15)20/h3-10,23H,2,11-14H2,1H3,(H,21,22). The number of amides is 1. The lowest BCUT2D eigenvalue weighted by atomic mass is 9.96. The average Bonchev–Trinajstić information content (AvgIpc) is 2.98. The summed E-state index contributed by atoms with van der Waals surface area (Å²) in [6.45, 7) is 2.63. The van der Waals surface area contributed by atoms with E-state index >= 15 is 0 Å². The van der Waals surface area contributed by atoms with Crippen molar-refractivity contribution in [2.24, 2.45) is 0 Å². The van der Waals surface area contributed by atoms with Gasteiger partial charge in [-0.25, -0.2) is 0 Å². The van der Waals surface area contributed by atoms with Gasteiger partial charge in [0, 0.05) is 0 Å². The Balaban J connectivity index is 1.49. The molecule has 0 spiro atoms. The number of hydrogen-bond donors (Lipinski definition) is 2. The van der Waals surface area contributed by atoms with Gasteiger partial charge in [-0.05, 0) is 55.2 Å². The molecule has 2 aromatic rings. The molecular weight excluding hydrogens is 318 g/mol. The van der Waals surface area contributed by atoms with Crippen LogP contribution >= 0.6 is 0 Å².